The third kappa shape index (κ3) is 2.05. The van der Waals surface area contributed by atoms with Crippen LogP contribution in [0.4, 0.5) is 4.79 Å². The number of nitrogens with one attached hydrogen (secondary N) is 1. The summed E-state index contributed by atoms with van der Waals surface area (Å²) < 4.78 is 5.40. The zero-order valence-corrected chi connectivity index (χ0v) is 10.8. The highest BCUT2D eigenvalue weighted by Gasteiger charge is 2.31. The monoisotopic (exact) mass is 254 g/mol. The third-order valence-corrected chi connectivity index (χ3v) is 3.28. The van der Waals surface area contributed by atoms with E-state index in [1.807, 2.05) is 19.1 Å². The molecule has 0 aromatic heterocycles. The topological polar surface area (TPSA) is 41.6 Å². The first-order chi connectivity index (χ1) is 8.04. The third-order valence-electron chi connectivity index (χ3n) is 3.07. The van der Waals surface area contributed by atoms with Gasteiger partial charge in [-0.1, -0.05) is 11.6 Å². The first kappa shape index (κ1) is 12.0. The van der Waals surface area contributed by atoms with Crippen molar-refractivity contribution in [3.8, 4) is 5.75 Å². The predicted octanol–water partition coefficient (Wildman–Crippen LogP) is 2.35. The van der Waals surface area contributed by atoms with Gasteiger partial charge in [0.2, 0.25) is 0 Å². The molecule has 1 aromatic carbocycles. The van der Waals surface area contributed by atoms with Gasteiger partial charge in [-0.3, -0.25) is 0 Å². The summed E-state index contributed by atoms with van der Waals surface area (Å²) in [7, 11) is 3.40. The van der Waals surface area contributed by atoms with E-state index in [4.69, 9.17) is 16.3 Å². The molecule has 1 aromatic rings. The van der Waals surface area contributed by atoms with Gasteiger partial charge >= 0.3 is 6.03 Å². The summed E-state index contributed by atoms with van der Waals surface area (Å²) in [6, 6.07) is 3.60. The fraction of sp³-hybridized carbons (Fsp3) is 0.417. The summed E-state index contributed by atoms with van der Waals surface area (Å²) in [4.78, 5) is 13.1. The first-order valence-corrected chi connectivity index (χ1v) is 5.77. The minimum absolute atomic E-state index is 0.0325. The van der Waals surface area contributed by atoms with Crippen molar-refractivity contribution in [2.75, 3.05) is 20.7 Å². The Hall–Kier alpha value is -1.42. The van der Waals surface area contributed by atoms with Crippen LogP contribution in [-0.4, -0.2) is 31.6 Å². The summed E-state index contributed by atoms with van der Waals surface area (Å²) >= 11 is 6.06. The van der Waals surface area contributed by atoms with Crippen LogP contribution in [0.25, 0.3) is 0 Å². The fourth-order valence-electron chi connectivity index (χ4n) is 2.19. The number of urea groups is 1. The van der Waals surface area contributed by atoms with Gasteiger partial charge in [0.05, 0.1) is 13.2 Å². The summed E-state index contributed by atoms with van der Waals surface area (Å²) in [6.07, 6.45) is 0. The van der Waals surface area contributed by atoms with Gasteiger partial charge in [-0.05, 0) is 24.6 Å². The molecule has 1 aliphatic heterocycles. The number of nitrogens with zero attached hydrogens (tertiary/aromatic N) is 1. The number of ether oxygens (including phenoxy) is 1. The van der Waals surface area contributed by atoms with Gasteiger partial charge in [0, 0.05) is 24.2 Å². The largest absolute Gasteiger partial charge is 0.496 e. The van der Waals surface area contributed by atoms with E-state index >= 15 is 0 Å². The van der Waals surface area contributed by atoms with Crippen LogP contribution in [0.15, 0.2) is 12.1 Å². The highest BCUT2D eigenvalue weighted by atomic mass is 35.5. The predicted molar refractivity (Wildman–Crippen MR) is 66.6 cm³/mol. The van der Waals surface area contributed by atoms with Crippen LogP contribution in [0.5, 0.6) is 5.75 Å². The second-order valence-electron chi connectivity index (χ2n) is 4.16. The minimum Gasteiger partial charge on any atom is -0.496 e. The number of carbonyl (C=O) groups is 1. The van der Waals surface area contributed by atoms with Crippen molar-refractivity contribution in [2.45, 2.75) is 13.0 Å². The molecule has 0 radical (unpaired) electrons. The second kappa shape index (κ2) is 4.45. The van der Waals surface area contributed by atoms with Crippen molar-refractivity contribution in [1.29, 1.82) is 0 Å². The zero-order valence-electron chi connectivity index (χ0n) is 10.1. The number of methoxy groups -OCH3 is 1. The molecular formula is C12H15ClN2O2. The number of amides is 2. The van der Waals surface area contributed by atoms with Gasteiger partial charge in [0.15, 0.2) is 0 Å². The van der Waals surface area contributed by atoms with Gasteiger partial charge in [0.1, 0.15) is 5.75 Å². The van der Waals surface area contributed by atoms with Crippen LogP contribution in [-0.2, 0) is 0 Å². The zero-order chi connectivity index (χ0) is 12.6. The summed E-state index contributed by atoms with van der Waals surface area (Å²) in [5.41, 5.74) is 1.92. The molecular weight excluding hydrogens is 240 g/mol. The van der Waals surface area contributed by atoms with Gasteiger partial charge in [-0.25, -0.2) is 4.79 Å². The molecule has 1 fully saturated rings. The molecule has 17 heavy (non-hydrogen) atoms. The van der Waals surface area contributed by atoms with E-state index in [1.54, 1.807) is 19.1 Å². The van der Waals surface area contributed by atoms with Gasteiger partial charge < -0.3 is 15.0 Å². The van der Waals surface area contributed by atoms with Gasteiger partial charge in [-0.15, -0.1) is 0 Å². The molecule has 0 spiro atoms. The Morgan fingerprint density at radius 1 is 1.53 bits per heavy atom. The lowest BCUT2D eigenvalue weighted by molar-refractivity contribution is 0.216. The highest BCUT2D eigenvalue weighted by Crippen LogP contribution is 2.35. The number of likely N-dealkylation sites (N-methyl/N-ethyl adjacent to an activating group) is 1. The molecule has 1 N–H and O–H groups in total. The van der Waals surface area contributed by atoms with E-state index < -0.39 is 0 Å². The molecule has 1 atom stereocenters. The molecule has 2 rings (SSSR count). The number of hydrogen-bond donors (Lipinski definition) is 1. The van der Waals surface area contributed by atoms with Crippen LogP contribution >= 0.6 is 11.6 Å². The Kier molecular flexibility index (Phi) is 3.15. The molecule has 1 aliphatic rings. The minimum atomic E-state index is -0.0744. The molecule has 5 heteroatoms. The van der Waals surface area contributed by atoms with E-state index in [9.17, 15) is 4.79 Å². The molecule has 4 nitrogen and oxygen atoms in total. The number of hydrogen-bond acceptors (Lipinski definition) is 2. The summed E-state index contributed by atoms with van der Waals surface area (Å²) in [5, 5.41) is 3.45. The van der Waals surface area contributed by atoms with Crippen LogP contribution < -0.4 is 10.1 Å². The molecule has 0 saturated carbocycles. The van der Waals surface area contributed by atoms with Crippen molar-refractivity contribution in [1.82, 2.24) is 10.2 Å². The van der Waals surface area contributed by atoms with E-state index in [0.29, 0.717) is 11.6 Å². The second-order valence-corrected chi connectivity index (χ2v) is 4.59. The molecule has 1 unspecified atom stereocenters. The highest BCUT2D eigenvalue weighted by molar-refractivity contribution is 6.30. The van der Waals surface area contributed by atoms with Crippen LogP contribution in [0.2, 0.25) is 5.02 Å². The smallest absolute Gasteiger partial charge is 0.317 e. The van der Waals surface area contributed by atoms with Crippen molar-refractivity contribution < 1.29 is 9.53 Å². The maximum Gasteiger partial charge on any atom is 0.317 e. The lowest BCUT2D eigenvalue weighted by Crippen LogP contribution is -2.25. The quantitative estimate of drug-likeness (QED) is 0.880. The molecule has 0 aliphatic carbocycles. The Morgan fingerprint density at radius 2 is 2.24 bits per heavy atom. The normalized spacial score (nSPS) is 19.4. The maximum absolute atomic E-state index is 11.5. The Morgan fingerprint density at radius 3 is 2.76 bits per heavy atom. The van der Waals surface area contributed by atoms with Crippen LogP contribution in [0, 0.1) is 6.92 Å². The summed E-state index contributed by atoms with van der Waals surface area (Å²) in [5.74, 6) is 0.794. The van der Waals surface area contributed by atoms with Crippen LogP contribution in [0.3, 0.4) is 0 Å². The Balaban J connectivity index is 2.47. The van der Waals surface area contributed by atoms with Crippen molar-refractivity contribution in [3.05, 3.63) is 28.3 Å². The number of carbonyl (C=O) groups excluding carboxylic acids is 1. The fourth-order valence-corrected chi connectivity index (χ4v) is 2.47. The standard InChI is InChI=1S/C12H15ClN2O2/c1-7-4-8(13)5-9(11(7)17-3)10-6-14-12(16)15(10)2/h4-5,10H,6H2,1-3H3,(H,14,16). The van der Waals surface area contributed by atoms with Crippen molar-refractivity contribution >= 4 is 17.6 Å². The van der Waals surface area contributed by atoms with E-state index in [2.05, 4.69) is 5.32 Å². The number of rotatable bonds is 2. The number of benzene rings is 1. The number of aryl methyl sites for hydroxylation is 1. The maximum atomic E-state index is 11.5. The molecule has 0 bridgehead atoms. The van der Waals surface area contributed by atoms with Crippen molar-refractivity contribution in [3.63, 3.8) is 0 Å². The lowest BCUT2D eigenvalue weighted by Gasteiger charge is -2.22. The Bertz CT molecular complexity index is 462. The molecule has 2 amide bonds. The molecule has 1 saturated heterocycles. The average molecular weight is 255 g/mol. The van der Waals surface area contributed by atoms with Gasteiger partial charge in [0.25, 0.3) is 0 Å². The summed E-state index contributed by atoms with van der Waals surface area (Å²) in [6.45, 7) is 2.52. The Labute approximate surface area is 106 Å². The van der Waals surface area contributed by atoms with E-state index in [-0.39, 0.29) is 12.1 Å². The van der Waals surface area contributed by atoms with Crippen molar-refractivity contribution in [2.24, 2.45) is 0 Å². The lowest BCUT2D eigenvalue weighted by atomic mass is 10.0. The van der Waals surface area contributed by atoms with E-state index in [0.717, 1.165) is 16.9 Å². The number of halogens is 1. The molecule has 1 heterocycles. The SMILES string of the molecule is COc1c(C)cc(Cl)cc1C1CNC(=O)N1C. The average Bonchev–Trinajstić information content (AvgIpc) is 2.59. The van der Waals surface area contributed by atoms with Gasteiger partial charge in [-0.2, -0.15) is 0 Å². The van der Waals surface area contributed by atoms with E-state index in [1.165, 1.54) is 0 Å². The molecule has 92 valence electrons. The van der Waals surface area contributed by atoms with Crippen LogP contribution in [0.1, 0.15) is 17.2 Å². The first-order valence-electron chi connectivity index (χ1n) is 5.39.